The van der Waals surface area contributed by atoms with E-state index in [-0.39, 0.29) is 0 Å². The molecule has 21 heavy (non-hydrogen) atoms. The summed E-state index contributed by atoms with van der Waals surface area (Å²) in [5.74, 6) is 0. The van der Waals surface area contributed by atoms with E-state index in [1.807, 2.05) is 0 Å². The highest BCUT2D eigenvalue weighted by Crippen LogP contribution is 2.13. The molecule has 0 unspecified atom stereocenters. The molecule has 0 atom stereocenters. The van der Waals surface area contributed by atoms with Crippen molar-refractivity contribution in [3.05, 3.63) is 0 Å². The Kier molecular flexibility index (Phi) is 18.8. The van der Waals surface area contributed by atoms with Crippen LogP contribution in [0.4, 0.5) is 0 Å². The molecule has 124 valence electrons. The Labute approximate surface area is 134 Å². The molecule has 0 bridgehead atoms. The maximum atomic E-state index is 5.13. The number of unbranched alkanes of at least 4 members (excludes halogenated alkanes) is 15. The van der Waals surface area contributed by atoms with Crippen LogP contribution in [0.15, 0.2) is 0 Å². The van der Waals surface area contributed by atoms with Crippen LogP contribution in [0.1, 0.15) is 110 Å². The van der Waals surface area contributed by atoms with Crippen molar-refractivity contribution in [1.29, 1.82) is 0 Å². The van der Waals surface area contributed by atoms with Crippen LogP contribution in [0.25, 0.3) is 0 Å². The molecule has 1 heteroatoms. The average Bonchev–Trinajstić information content (AvgIpc) is 2.50. The lowest BCUT2D eigenvalue weighted by Crippen LogP contribution is -2.06. The van der Waals surface area contributed by atoms with Crippen molar-refractivity contribution in [3.63, 3.8) is 0 Å². The van der Waals surface area contributed by atoms with Crippen LogP contribution in [0.2, 0.25) is 0 Å². The Balaban J connectivity index is 2.92. The smallest absolute Gasteiger partial charge is 0.0229 e. The molecule has 1 nitrogen and oxygen atoms in total. The summed E-state index contributed by atoms with van der Waals surface area (Å²) in [6, 6.07) is 2.47. The zero-order valence-corrected chi connectivity index (χ0v) is 14.6. The summed E-state index contributed by atoms with van der Waals surface area (Å²) in [6.45, 7) is 3.27. The van der Waals surface area contributed by atoms with Crippen molar-refractivity contribution in [2.75, 3.05) is 6.54 Å². The summed E-state index contributed by atoms with van der Waals surface area (Å²) < 4.78 is 0. The largest absolute Gasteiger partial charge is 0.346 e. The first-order valence-corrected chi connectivity index (χ1v) is 9.60. The Morgan fingerprint density at radius 3 is 1.24 bits per heavy atom. The van der Waals surface area contributed by atoms with Gasteiger partial charge in [0, 0.05) is 12.6 Å². The summed E-state index contributed by atoms with van der Waals surface area (Å²) >= 11 is 0. The van der Waals surface area contributed by atoms with Crippen LogP contribution in [0.3, 0.4) is 0 Å². The number of hydrogen-bond acceptors (Lipinski definition) is 1. The highest BCUT2D eigenvalue weighted by molar-refractivity contribution is 4.79. The van der Waals surface area contributed by atoms with Gasteiger partial charge in [-0.25, -0.2) is 0 Å². The summed E-state index contributed by atoms with van der Waals surface area (Å²) in [7, 11) is 0. The third kappa shape index (κ3) is 19.4. The van der Waals surface area contributed by atoms with Gasteiger partial charge in [0.25, 0.3) is 0 Å². The van der Waals surface area contributed by atoms with Crippen LogP contribution in [0, 0.1) is 12.5 Å². The van der Waals surface area contributed by atoms with Gasteiger partial charge in [0.2, 0.25) is 0 Å². The van der Waals surface area contributed by atoms with Crippen LogP contribution in [-0.4, -0.2) is 6.54 Å². The van der Waals surface area contributed by atoms with E-state index in [0.29, 0.717) is 0 Å². The summed E-state index contributed by atoms with van der Waals surface area (Å²) in [5, 5.41) is 2.93. The van der Waals surface area contributed by atoms with Crippen LogP contribution in [-0.2, 0) is 0 Å². The van der Waals surface area contributed by atoms with E-state index in [2.05, 4.69) is 18.3 Å². The normalized spacial score (nSPS) is 10.5. The van der Waals surface area contributed by atoms with Gasteiger partial charge in [-0.3, -0.25) is 0 Å². The first kappa shape index (κ1) is 20.4. The van der Waals surface area contributed by atoms with Gasteiger partial charge in [-0.1, -0.05) is 110 Å². The Morgan fingerprint density at radius 2 is 0.905 bits per heavy atom. The molecule has 0 aromatic heterocycles. The van der Waals surface area contributed by atoms with Gasteiger partial charge in [0.15, 0.2) is 0 Å². The third-order valence-electron chi connectivity index (χ3n) is 4.26. The molecule has 0 saturated carbocycles. The number of nitrogens with one attached hydrogen (secondary N) is 1. The molecule has 0 rings (SSSR count). The highest BCUT2D eigenvalue weighted by Gasteiger charge is 1.94. The van der Waals surface area contributed by atoms with Crippen molar-refractivity contribution in [3.8, 4) is 12.5 Å². The maximum absolute atomic E-state index is 5.13. The monoisotopic (exact) mass is 293 g/mol. The average molecular weight is 294 g/mol. The van der Waals surface area contributed by atoms with Crippen molar-refractivity contribution in [2.45, 2.75) is 110 Å². The van der Waals surface area contributed by atoms with E-state index in [0.717, 1.165) is 6.54 Å². The van der Waals surface area contributed by atoms with E-state index >= 15 is 0 Å². The number of hydrogen-bond donors (Lipinski definition) is 1. The van der Waals surface area contributed by atoms with Crippen LogP contribution >= 0.6 is 0 Å². The molecule has 0 aromatic carbocycles. The van der Waals surface area contributed by atoms with E-state index in [1.165, 1.54) is 103 Å². The molecule has 0 aliphatic heterocycles. The molecule has 0 aliphatic carbocycles. The summed E-state index contributed by atoms with van der Waals surface area (Å²) in [4.78, 5) is 0. The van der Waals surface area contributed by atoms with Crippen LogP contribution in [0.5, 0.6) is 0 Å². The van der Waals surface area contributed by atoms with Gasteiger partial charge in [0.1, 0.15) is 0 Å². The summed E-state index contributed by atoms with van der Waals surface area (Å²) in [5.41, 5.74) is 0. The van der Waals surface area contributed by atoms with Gasteiger partial charge in [0.05, 0.1) is 0 Å². The number of rotatable bonds is 17. The lowest BCUT2D eigenvalue weighted by Gasteiger charge is -2.03. The molecule has 0 heterocycles. The van der Waals surface area contributed by atoms with Gasteiger partial charge < -0.3 is 5.32 Å². The second-order valence-corrected chi connectivity index (χ2v) is 6.37. The lowest BCUT2D eigenvalue weighted by molar-refractivity contribution is 0.529. The first-order valence-electron chi connectivity index (χ1n) is 9.60. The lowest BCUT2D eigenvalue weighted by atomic mass is 10.0. The minimum Gasteiger partial charge on any atom is -0.346 e. The van der Waals surface area contributed by atoms with Crippen molar-refractivity contribution in [1.82, 2.24) is 5.32 Å². The fraction of sp³-hybridized carbons (Fsp3) is 0.900. The Morgan fingerprint density at radius 1 is 0.571 bits per heavy atom. The third-order valence-corrected chi connectivity index (χ3v) is 4.26. The molecular weight excluding hydrogens is 254 g/mol. The van der Waals surface area contributed by atoms with Gasteiger partial charge >= 0.3 is 0 Å². The predicted octanol–water partition coefficient (Wildman–Crippen LogP) is 6.43. The van der Waals surface area contributed by atoms with Gasteiger partial charge in [-0.15, -0.1) is 0 Å². The minimum absolute atomic E-state index is 0.981. The molecule has 0 aliphatic rings. The fourth-order valence-corrected chi connectivity index (χ4v) is 2.83. The SMILES string of the molecule is C#CNCCCCCCCCCCCCCCCCCC. The topological polar surface area (TPSA) is 12.0 Å². The Hall–Kier alpha value is -0.640. The van der Waals surface area contributed by atoms with E-state index in [9.17, 15) is 0 Å². The summed E-state index contributed by atoms with van der Waals surface area (Å²) in [6.07, 6.45) is 27.8. The van der Waals surface area contributed by atoms with E-state index in [1.54, 1.807) is 0 Å². The molecule has 0 aromatic rings. The standard InChI is InChI=1S/C20H39N/c1-3-5-6-7-8-9-10-11-12-13-14-15-16-17-18-19-20-21-4-2/h2,21H,3,5-20H2,1H3. The number of terminal acetylenes is 1. The van der Waals surface area contributed by atoms with Gasteiger partial charge in [-0.2, -0.15) is 0 Å². The minimum atomic E-state index is 0.981. The molecule has 0 fully saturated rings. The second-order valence-electron chi connectivity index (χ2n) is 6.37. The second kappa shape index (κ2) is 19.4. The molecule has 0 radical (unpaired) electrons. The quantitative estimate of drug-likeness (QED) is 0.185. The van der Waals surface area contributed by atoms with Crippen molar-refractivity contribution >= 4 is 0 Å². The molecule has 1 N–H and O–H groups in total. The fourth-order valence-electron chi connectivity index (χ4n) is 2.83. The van der Waals surface area contributed by atoms with Crippen molar-refractivity contribution < 1.29 is 0 Å². The van der Waals surface area contributed by atoms with E-state index in [4.69, 9.17) is 6.42 Å². The predicted molar refractivity (Wildman–Crippen MR) is 96.4 cm³/mol. The molecule has 0 spiro atoms. The van der Waals surface area contributed by atoms with Gasteiger partial charge in [-0.05, 0) is 6.42 Å². The first-order chi connectivity index (χ1) is 10.4. The van der Waals surface area contributed by atoms with E-state index < -0.39 is 0 Å². The van der Waals surface area contributed by atoms with Crippen LogP contribution < -0.4 is 5.32 Å². The molecule has 0 amide bonds. The molecule has 0 saturated heterocycles. The maximum Gasteiger partial charge on any atom is 0.0229 e. The Bertz CT molecular complexity index is 216. The highest BCUT2D eigenvalue weighted by atomic mass is 14.8. The zero-order valence-electron chi connectivity index (χ0n) is 14.6. The zero-order chi connectivity index (χ0) is 15.4. The van der Waals surface area contributed by atoms with Crippen molar-refractivity contribution in [2.24, 2.45) is 0 Å². The molecular formula is C20H39N.